The van der Waals surface area contributed by atoms with Crippen LogP contribution in [0.25, 0.3) is 17.1 Å². The van der Waals surface area contributed by atoms with E-state index in [2.05, 4.69) is 15.5 Å². The predicted molar refractivity (Wildman–Crippen MR) is 117 cm³/mol. The van der Waals surface area contributed by atoms with Gasteiger partial charge in [-0.3, -0.25) is 9.36 Å². The monoisotopic (exact) mass is 461 g/mol. The van der Waals surface area contributed by atoms with E-state index in [-0.39, 0.29) is 18.1 Å². The first-order valence-corrected chi connectivity index (χ1v) is 10.6. The normalized spacial score (nSPS) is 10.5. The van der Waals surface area contributed by atoms with Gasteiger partial charge < -0.3 is 10.1 Å². The average molecular weight is 462 g/mol. The van der Waals surface area contributed by atoms with Gasteiger partial charge in [0, 0.05) is 22.2 Å². The summed E-state index contributed by atoms with van der Waals surface area (Å²) in [5, 5.41) is 21.4. The highest BCUT2D eigenvalue weighted by Gasteiger charge is 2.20. The van der Waals surface area contributed by atoms with Crippen LogP contribution in [0.2, 0.25) is 10.0 Å². The van der Waals surface area contributed by atoms with E-state index in [1.165, 1.54) is 11.8 Å². The van der Waals surface area contributed by atoms with E-state index in [9.17, 15) is 4.79 Å². The molecule has 0 aliphatic rings. The number of thioether (sulfide) groups is 1. The van der Waals surface area contributed by atoms with Gasteiger partial charge >= 0.3 is 0 Å². The predicted octanol–water partition coefficient (Wildman–Crippen LogP) is 4.37. The lowest BCUT2D eigenvalue weighted by molar-refractivity contribution is -0.118. The van der Waals surface area contributed by atoms with Gasteiger partial charge in [0.05, 0.1) is 31.0 Å². The summed E-state index contributed by atoms with van der Waals surface area (Å²) in [6.45, 7) is 0.304. The molecule has 0 saturated heterocycles. The first-order valence-electron chi connectivity index (χ1n) is 8.85. The van der Waals surface area contributed by atoms with Crippen molar-refractivity contribution in [3.8, 4) is 28.9 Å². The van der Waals surface area contributed by atoms with Gasteiger partial charge in [-0.05, 0) is 30.3 Å². The Kier molecular flexibility index (Phi) is 7.57. The van der Waals surface area contributed by atoms with E-state index < -0.39 is 0 Å². The van der Waals surface area contributed by atoms with Crippen LogP contribution < -0.4 is 10.1 Å². The third kappa shape index (κ3) is 5.25. The van der Waals surface area contributed by atoms with Gasteiger partial charge in [-0.15, -0.1) is 10.2 Å². The molecule has 0 aliphatic heterocycles. The van der Waals surface area contributed by atoms with Crippen molar-refractivity contribution in [1.82, 2.24) is 20.1 Å². The van der Waals surface area contributed by atoms with E-state index in [1.54, 1.807) is 42.0 Å². The Balaban J connectivity index is 2.01. The van der Waals surface area contributed by atoms with Gasteiger partial charge in [0.25, 0.3) is 0 Å². The van der Waals surface area contributed by atoms with Gasteiger partial charge in [-0.2, -0.15) is 5.26 Å². The summed E-state index contributed by atoms with van der Waals surface area (Å²) < 4.78 is 7.29. The first kappa shape index (κ1) is 22.0. The molecule has 0 bridgehead atoms. The maximum Gasteiger partial charge on any atom is 0.230 e. The number of hydrogen-bond donors (Lipinski definition) is 1. The Morgan fingerprint density at radius 2 is 2.03 bits per heavy atom. The molecule has 2 aromatic carbocycles. The number of hydrogen-bond acceptors (Lipinski definition) is 6. The molecule has 0 atom stereocenters. The fourth-order valence-corrected chi connectivity index (χ4v) is 3.80. The number of methoxy groups -OCH3 is 1. The minimum absolute atomic E-state index is 0.113. The van der Waals surface area contributed by atoms with Gasteiger partial charge in [0.1, 0.15) is 5.75 Å². The molecule has 0 spiro atoms. The summed E-state index contributed by atoms with van der Waals surface area (Å²) in [7, 11) is 1.56. The van der Waals surface area contributed by atoms with Crippen molar-refractivity contribution in [3.05, 3.63) is 52.5 Å². The molecule has 1 N–H and O–H groups in total. The Morgan fingerprint density at radius 1 is 1.23 bits per heavy atom. The van der Waals surface area contributed by atoms with E-state index in [4.69, 9.17) is 33.2 Å². The summed E-state index contributed by atoms with van der Waals surface area (Å²) in [5.41, 5.74) is 1.39. The highest BCUT2D eigenvalue weighted by Crippen LogP contribution is 2.34. The second kappa shape index (κ2) is 10.3. The van der Waals surface area contributed by atoms with Crippen LogP contribution in [-0.2, 0) is 4.79 Å². The van der Waals surface area contributed by atoms with Gasteiger partial charge in [0.2, 0.25) is 5.91 Å². The lowest BCUT2D eigenvalue weighted by atomic mass is 10.2. The zero-order valence-electron chi connectivity index (χ0n) is 15.9. The van der Waals surface area contributed by atoms with Gasteiger partial charge in [0.15, 0.2) is 11.0 Å². The van der Waals surface area contributed by atoms with Crippen molar-refractivity contribution in [2.75, 3.05) is 19.4 Å². The van der Waals surface area contributed by atoms with Crippen molar-refractivity contribution >= 4 is 40.9 Å². The number of amides is 1. The molecule has 1 aromatic heterocycles. The number of ether oxygens (including phenoxy) is 1. The quantitative estimate of drug-likeness (QED) is 0.395. The molecule has 0 unspecified atom stereocenters. The maximum atomic E-state index is 12.1. The number of rotatable bonds is 8. The minimum Gasteiger partial charge on any atom is -0.495 e. The van der Waals surface area contributed by atoms with Crippen LogP contribution in [0.5, 0.6) is 5.75 Å². The number of halogens is 2. The van der Waals surface area contributed by atoms with Crippen molar-refractivity contribution in [1.29, 1.82) is 5.26 Å². The fourth-order valence-electron chi connectivity index (χ4n) is 2.67. The molecule has 1 amide bonds. The second-order valence-corrected chi connectivity index (χ2v) is 7.83. The van der Waals surface area contributed by atoms with E-state index in [1.807, 2.05) is 18.2 Å². The average Bonchev–Trinajstić information content (AvgIpc) is 3.16. The summed E-state index contributed by atoms with van der Waals surface area (Å²) >= 11 is 13.6. The highest BCUT2D eigenvalue weighted by atomic mass is 35.5. The second-order valence-electron chi connectivity index (χ2n) is 6.01. The lowest BCUT2D eigenvalue weighted by Crippen LogP contribution is -2.26. The summed E-state index contributed by atoms with van der Waals surface area (Å²) in [5.74, 6) is 1.02. The summed E-state index contributed by atoms with van der Waals surface area (Å²) in [6.07, 6.45) is 0.255. The van der Waals surface area contributed by atoms with Crippen molar-refractivity contribution in [2.45, 2.75) is 11.6 Å². The molecule has 10 heteroatoms. The Morgan fingerprint density at radius 3 is 2.77 bits per heavy atom. The van der Waals surface area contributed by atoms with Crippen LogP contribution in [0.3, 0.4) is 0 Å². The van der Waals surface area contributed by atoms with Crippen LogP contribution in [0.1, 0.15) is 6.42 Å². The number of carbonyl (C=O) groups excluding carboxylic acids is 1. The molecule has 1 heterocycles. The van der Waals surface area contributed by atoms with Crippen LogP contribution in [-0.4, -0.2) is 40.1 Å². The third-order valence-corrected chi connectivity index (χ3v) is 5.39. The molecular weight excluding hydrogens is 445 g/mol. The van der Waals surface area contributed by atoms with E-state index in [0.29, 0.717) is 39.0 Å². The van der Waals surface area contributed by atoms with Gasteiger partial charge in [-0.1, -0.05) is 47.1 Å². The molecule has 30 heavy (non-hydrogen) atoms. The Hall–Kier alpha value is -2.73. The Labute approximate surface area is 188 Å². The summed E-state index contributed by atoms with van der Waals surface area (Å²) in [4.78, 5) is 12.1. The van der Waals surface area contributed by atoms with Crippen molar-refractivity contribution in [3.63, 3.8) is 0 Å². The van der Waals surface area contributed by atoms with Crippen LogP contribution in [0.4, 0.5) is 0 Å². The molecule has 0 aliphatic carbocycles. The first-order chi connectivity index (χ1) is 14.5. The van der Waals surface area contributed by atoms with Gasteiger partial charge in [-0.25, -0.2) is 0 Å². The Bertz CT molecular complexity index is 1100. The minimum atomic E-state index is -0.202. The molecule has 0 fully saturated rings. The molecule has 154 valence electrons. The number of benzene rings is 2. The molecule has 3 aromatic rings. The zero-order valence-corrected chi connectivity index (χ0v) is 18.3. The topological polar surface area (TPSA) is 92.8 Å². The third-order valence-electron chi connectivity index (χ3n) is 3.99. The summed E-state index contributed by atoms with van der Waals surface area (Å²) in [6, 6.07) is 14.4. The molecule has 3 rings (SSSR count). The molecule has 7 nitrogen and oxygen atoms in total. The fraction of sp³-hybridized carbons (Fsp3) is 0.200. The largest absolute Gasteiger partial charge is 0.495 e. The number of nitrogens with zero attached hydrogens (tertiary/aromatic N) is 4. The smallest absolute Gasteiger partial charge is 0.230 e. The molecule has 0 radical (unpaired) electrons. The van der Waals surface area contributed by atoms with Crippen LogP contribution in [0.15, 0.2) is 47.6 Å². The maximum absolute atomic E-state index is 12.1. The number of nitriles is 1. The molecular formula is C20H17Cl2N5O2S. The van der Waals surface area contributed by atoms with Crippen molar-refractivity contribution < 1.29 is 9.53 Å². The standard InChI is InChI=1S/C20H17Cl2N5O2S/c1-29-17-7-6-15(22)11-16(17)27-19(13-4-2-5-14(21)10-13)25-26-20(27)30-12-18(28)24-9-3-8-23/h2,4-7,10-11H,3,9,12H2,1H3,(H,24,28). The highest BCUT2D eigenvalue weighted by molar-refractivity contribution is 7.99. The number of aromatic nitrogens is 3. The van der Waals surface area contributed by atoms with E-state index in [0.717, 1.165) is 5.56 Å². The van der Waals surface area contributed by atoms with Crippen LogP contribution >= 0.6 is 35.0 Å². The molecule has 0 saturated carbocycles. The lowest BCUT2D eigenvalue weighted by Gasteiger charge is -2.14. The SMILES string of the molecule is COc1ccc(Cl)cc1-n1c(SCC(=O)NCCC#N)nnc1-c1cccc(Cl)c1. The van der Waals surface area contributed by atoms with Crippen LogP contribution in [0, 0.1) is 11.3 Å². The zero-order chi connectivity index (χ0) is 21.5. The van der Waals surface area contributed by atoms with E-state index >= 15 is 0 Å². The number of nitrogens with one attached hydrogen (secondary N) is 1. The van der Waals surface area contributed by atoms with Crippen molar-refractivity contribution in [2.24, 2.45) is 0 Å². The number of carbonyl (C=O) groups is 1.